The highest BCUT2D eigenvalue weighted by atomic mass is 32.2. The zero-order valence-corrected chi connectivity index (χ0v) is 21.5. The largest absolute Gasteiger partial charge is 0.462 e. The molecule has 0 fully saturated rings. The third-order valence-electron chi connectivity index (χ3n) is 4.86. The molecule has 3 aromatic rings. The van der Waals surface area contributed by atoms with Crippen LogP contribution < -0.4 is 10.2 Å². The number of carbonyl (C=O) groups is 2. The number of esters is 1. The maximum absolute atomic E-state index is 12.7. The quantitative estimate of drug-likeness (QED) is 0.232. The summed E-state index contributed by atoms with van der Waals surface area (Å²) in [4.78, 5) is 28.0. The van der Waals surface area contributed by atoms with Gasteiger partial charge in [0.2, 0.25) is 5.91 Å². The molecule has 0 spiro atoms. The van der Waals surface area contributed by atoms with E-state index in [1.54, 1.807) is 19.1 Å². The molecule has 0 unspecified atom stereocenters. The minimum absolute atomic E-state index is 0.120. The maximum atomic E-state index is 12.7. The SMILES string of the molecule is C=CCn1c(SCC(=O)Nc2sc(CC)cc2C(=O)OCC)nnc1-c1cccc(N(C)C)c1. The van der Waals surface area contributed by atoms with Crippen LogP contribution in [-0.2, 0) is 22.5 Å². The van der Waals surface area contributed by atoms with Crippen molar-refractivity contribution in [3.63, 3.8) is 0 Å². The van der Waals surface area contributed by atoms with Crippen molar-refractivity contribution < 1.29 is 14.3 Å². The molecule has 10 heteroatoms. The van der Waals surface area contributed by atoms with Gasteiger partial charge < -0.3 is 15.0 Å². The van der Waals surface area contributed by atoms with E-state index in [4.69, 9.17) is 4.74 Å². The molecule has 0 saturated carbocycles. The van der Waals surface area contributed by atoms with Crippen molar-refractivity contribution in [1.29, 1.82) is 0 Å². The third-order valence-corrected chi connectivity index (χ3v) is 7.02. The molecular weight excluding hydrogens is 470 g/mol. The van der Waals surface area contributed by atoms with Crippen molar-refractivity contribution in [2.45, 2.75) is 32.0 Å². The molecule has 3 rings (SSSR count). The Morgan fingerprint density at radius 3 is 2.74 bits per heavy atom. The molecule has 1 aromatic carbocycles. The summed E-state index contributed by atoms with van der Waals surface area (Å²) < 4.78 is 7.06. The summed E-state index contributed by atoms with van der Waals surface area (Å²) in [5, 5.41) is 12.7. The first-order valence-corrected chi connectivity index (χ1v) is 12.7. The first-order valence-electron chi connectivity index (χ1n) is 10.9. The van der Waals surface area contributed by atoms with Crippen molar-refractivity contribution in [2.75, 3.05) is 36.7 Å². The minimum atomic E-state index is -0.434. The fourth-order valence-electron chi connectivity index (χ4n) is 3.19. The van der Waals surface area contributed by atoms with E-state index in [1.807, 2.05) is 54.8 Å². The number of aromatic nitrogens is 3. The van der Waals surface area contributed by atoms with E-state index in [1.165, 1.54) is 23.1 Å². The Balaban J connectivity index is 1.75. The van der Waals surface area contributed by atoms with E-state index < -0.39 is 5.97 Å². The molecule has 8 nitrogen and oxygen atoms in total. The average Bonchev–Trinajstić information content (AvgIpc) is 3.42. The van der Waals surface area contributed by atoms with Gasteiger partial charge in [0.25, 0.3) is 0 Å². The first kappa shape index (κ1) is 25.5. The van der Waals surface area contributed by atoms with E-state index in [9.17, 15) is 9.59 Å². The van der Waals surface area contributed by atoms with Crippen molar-refractivity contribution in [3.05, 3.63) is 53.4 Å². The summed E-state index contributed by atoms with van der Waals surface area (Å²) in [5.74, 6) is 0.164. The molecule has 1 amide bonds. The lowest BCUT2D eigenvalue weighted by atomic mass is 10.2. The van der Waals surface area contributed by atoms with Crippen LogP contribution >= 0.6 is 23.1 Å². The van der Waals surface area contributed by atoms with E-state index in [0.717, 1.165) is 22.5 Å². The Morgan fingerprint density at radius 2 is 2.06 bits per heavy atom. The van der Waals surface area contributed by atoms with Gasteiger partial charge in [0.1, 0.15) is 5.00 Å². The Morgan fingerprint density at radius 1 is 1.26 bits per heavy atom. The standard InChI is InChI=1S/C24H29N5O3S2/c1-6-12-29-21(16-10-9-11-17(13-16)28(4)5)26-27-24(29)33-15-20(30)25-22-19(23(31)32-8-3)14-18(7-2)34-22/h6,9-11,13-14H,1,7-8,12,15H2,2-5H3,(H,25,30). The number of rotatable bonds is 11. The second kappa shape index (κ2) is 11.8. The van der Waals surface area contributed by atoms with Crippen LogP contribution in [0.2, 0.25) is 0 Å². The smallest absolute Gasteiger partial charge is 0.341 e. The van der Waals surface area contributed by atoms with Gasteiger partial charge in [-0.2, -0.15) is 0 Å². The summed E-state index contributed by atoms with van der Waals surface area (Å²) in [6, 6.07) is 9.81. The number of hydrogen-bond acceptors (Lipinski definition) is 8. The number of carbonyl (C=O) groups excluding carboxylic acids is 2. The van der Waals surface area contributed by atoms with Gasteiger partial charge in [-0.1, -0.05) is 36.9 Å². The number of amides is 1. The topological polar surface area (TPSA) is 89.3 Å². The number of hydrogen-bond donors (Lipinski definition) is 1. The molecule has 0 aliphatic rings. The van der Waals surface area contributed by atoms with Gasteiger partial charge in [-0.15, -0.1) is 28.1 Å². The van der Waals surface area contributed by atoms with Gasteiger partial charge >= 0.3 is 5.97 Å². The normalized spacial score (nSPS) is 10.7. The molecule has 0 atom stereocenters. The highest BCUT2D eigenvalue weighted by Crippen LogP contribution is 2.30. The molecule has 34 heavy (non-hydrogen) atoms. The minimum Gasteiger partial charge on any atom is -0.462 e. The number of aryl methyl sites for hydroxylation is 1. The Labute approximate surface area is 208 Å². The number of thioether (sulfide) groups is 1. The number of nitrogens with one attached hydrogen (secondary N) is 1. The molecule has 1 N–H and O–H groups in total. The Kier molecular flexibility index (Phi) is 8.89. The van der Waals surface area contributed by atoms with E-state index in [2.05, 4.69) is 22.1 Å². The van der Waals surface area contributed by atoms with Gasteiger partial charge in [-0.25, -0.2) is 4.79 Å². The van der Waals surface area contributed by atoms with E-state index in [-0.39, 0.29) is 18.3 Å². The van der Waals surface area contributed by atoms with Gasteiger partial charge in [0, 0.05) is 36.8 Å². The number of nitrogens with zero attached hydrogens (tertiary/aromatic N) is 4. The number of ether oxygens (including phenoxy) is 1. The first-order chi connectivity index (χ1) is 16.4. The van der Waals surface area contributed by atoms with Crippen molar-refractivity contribution in [3.8, 4) is 11.4 Å². The zero-order chi connectivity index (χ0) is 24.7. The summed E-state index contributed by atoms with van der Waals surface area (Å²) in [6.07, 6.45) is 2.54. The van der Waals surface area contributed by atoms with Crippen LogP contribution in [0.5, 0.6) is 0 Å². The predicted octanol–water partition coefficient (Wildman–Crippen LogP) is 4.73. The summed E-state index contributed by atoms with van der Waals surface area (Å²) >= 11 is 2.67. The van der Waals surface area contributed by atoms with Crippen LogP contribution in [0.3, 0.4) is 0 Å². The molecule has 0 radical (unpaired) electrons. The lowest BCUT2D eigenvalue weighted by molar-refractivity contribution is -0.113. The number of allylic oxidation sites excluding steroid dienone is 1. The molecule has 0 bridgehead atoms. The Hall–Kier alpha value is -3.11. The highest BCUT2D eigenvalue weighted by Gasteiger charge is 2.20. The monoisotopic (exact) mass is 499 g/mol. The summed E-state index contributed by atoms with van der Waals surface area (Å²) in [5.41, 5.74) is 2.38. The number of anilines is 2. The molecule has 0 aliphatic heterocycles. The third kappa shape index (κ3) is 6.06. The maximum Gasteiger partial charge on any atom is 0.341 e. The van der Waals surface area contributed by atoms with Crippen molar-refractivity contribution >= 4 is 45.7 Å². The van der Waals surface area contributed by atoms with Crippen LogP contribution in [0, 0.1) is 0 Å². The van der Waals surface area contributed by atoms with Crippen LogP contribution in [0.4, 0.5) is 10.7 Å². The molecule has 180 valence electrons. The average molecular weight is 500 g/mol. The molecular formula is C24H29N5O3S2. The fourth-order valence-corrected chi connectivity index (χ4v) is 4.94. The van der Waals surface area contributed by atoms with E-state index >= 15 is 0 Å². The fraction of sp³-hybridized carbons (Fsp3) is 0.333. The summed E-state index contributed by atoms with van der Waals surface area (Å²) in [6.45, 7) is 8.39. The predicted molar refractivity (Wildman–Crippen MR) is 139 cm³/mol. The van der Waals surface area contributed by atoms with E-state index in [0.29, 0.717) is 28.1 Å². The molecule has 2 heterocycles. The number of benzene rings is 1. The number of thiophene rings is 1. The van der Waals surface area contributed by atoms with Crippen molar-refractivity contribution in [2.24, 2.45) is 0 Å². The van der Waals surface area contributed by atoms with Gasteiger partial charge in [-0.05, 0) is 31.5 Å². The molecule has 0 saturated heterocycles. The molecule has 0 aliphatic carbocycles. The van der Waals surface area contributed by atoms with Gasteiger partial charge in [0.15, 0.2) is 11.0 Å². The van der Waals surface area contributed by atoms with Crippen LogP contribution in [0.25, 0.3) is 11.4 Å². The zero-order valence-electron chi connectivity index (χ0n) is 19.8. The van der Waals surface area contributed by atoms with Crippen LogP contribution in [0.15, 0.2) is 48.1 Å². The summed E-state index contributed by atoms with van der Waals surface area (Å²) in [7, 11) is 3.97. The van der Waals surface area contributed by atoms with Crippen LogP contribution in [0.1, 0.15) is 29.1 Å². The van der Waals surface area contributed by atoms with Gasteiger partial charge in [0.05, 0.1) is 17.9 Å². The second-order valence-corrected chi connectivity index (χ2v) is 9.60. The molecule has 2 aromatic heterocycles. The van der Waals surface area contributed by atoms with Gasteiger partial charge in [-0.3, -0.25) is 9.36 Å². The highest BCUT2D eigenvalue weighted by molar-refractivity contribution is 7.99. The lowest BCUT2D eigenvalue weighted by Gasteiger charge is -2.14. The lowest BCUT2D eigenvalue weighted by Crippen LogP contribution is -2.16. The van der Waals surface area contributed by atoms with Crippen molar-refractivity contribution in [1.82, 2.24) is 14.8 Å². The Bertz CT molecular complexity index is 1170. The van der Waals surface area contributed by atoms with Crippen LogP contribution in [-0.4, -0.2) is 53.1 Å². The second-order valence-electron chi connectivity index (χ2n) is 7.52.